The van der Waals surface area contributed by atoms with E-state index in [0.29, 0.717) is 38.4 Å². The van der Waals surface area contributed by atoms with Gasteiger partial charge in [-0.2, -0.15) is 0 Å². The van der Waals surface area contributed by atoms with E-state index in [2.05, 4.69) is 19.2 Å². The standard InChI is InChI=1S/C22H31N3O3/c1-15(2)13-19(26)20(27)24-11-9-22(10-12-24)21(28)25(14-16(3)4)18-8-6-5-7-17(18)23-22/h5-8,15-16,23H,9-14H2,1-4H3. The molecule has 0 aromatic heterocycles. The third-order valence-electron chi connectivity index (χ3n) is 5.51. The van der Waals surface area contributed by atoms with Gasteiger partial charge in [0.05, 0.1) is 11.4 Å². The van der Waals surface area contributed by atoms with Gasteiger partial charge >= 0.3 is 0 Å². The monoisotopic (exact) mass is 385 g/mol. The van der Waals surface area contributed by atoms with Crippen LogP contribution in [0.3, 0.4) is 0 Å². The zero-order valence-corrected chi connectivity index (χ0v) is 17.3. The first-order valence-corrected chi connectivity index (χ1v) is 10.2. The first-order chi connectivity index (χ1) is 13.2. The predicted molar refractivity (Wildman–Crippen MR) is 110 cm³/mol. The van der Waals surface area contributed by atoms with Gasteiger partial charge in [0, 0.05) is 26.1 Å². The van der Waals surface area contributed by atoms with E-state index in [1.165, 1.54) is 0 Å². The Kier molecular flexibility index (Phi) is 5.77. The van der Waals surface area contributed by atoms with E-state index in [1.54, 1.807) is 4.90 Å². The Morgan fingerprint density at radius 2 is 1.71 bits per heavy atom. The van der Waals surface area contributed by atoms with Crippen molar-refractivity contribution in [1.82, 2.24) is 4.90 Å². The lowest BCUT2D eigenvalue weighted by molar-refractivity contribution is -0.146. The molecule has 3 rings (SSSR count). The van der Waals surface area contributed by atoms with Gasteiger partial charge in [0.15, 0.2) is 0 Å². The summed E-state index contributed by atoms with van der Waals surface area (Å²) in [6.07, 6.45) is 1.29. The van der Waals surface area contributed by atoms with Gasteiger partial charge in [0.2, 0.25) is 5.78 Å². The summed E-state index contributed by atoms with van der Waals surface area (Å²) < 4.78 is 0. The molecule has 0 radical (unpaired) electrons. The predicted octanol–water partition coefficient (Wildman–Crippen LogP) is 3.08. The normalized spacial score (nSPS) is 18.4. The Hall–Kier alpha value is -2.37. The summed E-state index contributed by atoms with van der Waals surface area (Å²) in [5.41, 5.74) is 1.16. The second kappa shape index (κ2) is 7.94. The SMILES string of the molecule is CC(C)CC(=O)C(=O)N1CCC2(CC1)Nc1ccccc1N(CC(C)C)C2=O. The van der Waals surface area contributed by atoms with Gasteiger partial charge < -0.3 is 15.1 Å². The number of hydrogen-bond acceptors (Lipinski definition) is 4. The maximum Gasteiger partial charge on any atom is 0.289 e. The highest BCUT2D eigenvalue weighted by Crippen LogP contribution is 2.40. The molecular weight excluding hydrogens is 354 g/mol. The number of amides is 2. The molecule has 2 heterocycles. The van der Waals surface area contributed by atoms with Gasteiger partial charge in [-0.15, -0.1) is 0 Å². The van der Waals surface area contributed by atoms with Crippen LogP contribution in [0.5, 0.6) is 0 Å². The van der Waals surface area contributed by atoms with Crippen molar-refractivity contribution in [2.45, 2.75) is 52.5 Å². The van der Waals surface area contributed by atoms with Crippen molar-refractivity contribution < 1.29 is 14.4 Å². The lowest BCUT2D eigenvalue weighted by Crippen LogP contribution is -2.63. The largest absolute Gasteiger partial charge is 0.369 e. The lowest BCUT2D eigenvalue weighted by atomic mass is 9.83. The fraction of sp³-hybridized carbons (Fsp3) is 0.591. The summed E-state index contributed by atoms with van der Waals surface area (Å²) in [6, 6.07) is 7.88. The van der Waals surface area contributed by atoms with Crippen molar-refractivity contribution in [2.75, 3.05) is 29.9 Å². The fourth-order valence-corrected chi connectivity index (χ4v) is 4.10. The zero-order valence-electron chi connectivity index (χ0n) is 17.3. The number of Topliss-reactive ketones (excluding diaryl/α,β-unsaturated/α-hetero) is 1. The van der Waals surface area contributed by atoms with Crippen molar-refractivity contribution in [1.29, 1.82) is 0 Å². The number of hydrogen-bond donors (Lipinski definition) is 1. The zero-order chi connectivity index (χ0) is 20.5. The van der Waals surface area contributed by atoms with Crippen LogP contribution in [0.4, 0.5) is 11.4 Å². The number of para-hydroxylation sites is 2. The maximum absolute atomic E-state index is 13.4. The Bertz CT molecular complexity index is 764. The van der Waals surface area contributed by atoms with Crippen LogP contribution in [0.1, 0.15) is 47.0 Å². The van der Waals surface area contributed by atoms with Crippen LogP contribution in [0.2, 0.25) is 0 Å². The van der Waals surface area contributed by atoms with Gasteiger partial charge in [0.1, 0.15) is 5.54 Å². The minimum Gasteiger partial charge on any atom is -0.369 e. The van der Waals surface area contributed by atoms with E-state index in [9.17, 15) is 14.4 Å². The summed E-state index contributed by atoms with van der Waals surface area (Å²) in [5, 5.41) is 3.47. The van der Waals surface area contributed by atoms with Crippen LogP contribution in [-0.4, -0.2) is 47.7 Å². The Labute approximate surface area is 167 Å². The van der Waals surface area contributed by atoms with E-state index in [4.69, 9.17) is 0 Å². The molecule has 0 unspecified atom stereocenters. The number of benzene rings is 1. The minimum atomic E-state index is -0.707. The molecule has 1 aromatic carbocycles. The fourth-order valence-electron chi connectivity index (χ4n) is 4.10. The summed E-state index contributed by atoms with van der Waals surface area (Å²) in [7, 11) is 0. The van der Waals surface area contributed by atoms with E-state index in [0.717, 1.165) is 11.4 Å². The number of carbonyl (C=O) groups excluding carboxylic acids is 3. The number of ketones is 1. The first kappa shape index (κ1) is 20.4. The third kappa shape index (κ3) is 3.91. The molecule has 1 fully saturated rings. The van der Waals surface area contributed by atoms with Crippen molar-refractivity contribution in [3.63, 3.8) is 0 Å². The van der Waals surface area contributed by atoms with Crippen LogP contribution >= 0.6 is 0 Å². The average Bonchev–Trinajstić information content (AvgIpc) is 2.65. The van der Waals surface area contributed by atoms with Crippen LogP contribution in [0, 0.1) is 11.8 Å². The minimum absolute atomic E-state index is 0.0699. The molecule has 2 aliphatic heterocycles. The molecule has 0 aliphatic carbocycles. The Morgan fingerprint density at radius 1 is 1.07 bits per heavy atom. The lowest BCUT2D eigenvalue weighted by Gasteiger charge is -2.48. The number of nitrogens with zero attached hydrogens (tertiary/aromatic N) is 2. The summed E-state index contributed by atoms with van der Waals surface area (Å²) in [5.74, 6) is -0.162. The van der Waals surface area contributed by atoms with E-state index >= 15 is 0 Å². The third-order valence-corrected chi connectivity index (χ3v) is 5.51. The van der Waals surface area contributed by atoms with Crippen LogP contribution in [0.25, 0.3) is 0 Å². The molecule has 6 heteroatoms. The summed E-state index contributed by atoms with van der Waals surface area (Å²) in [6.45, 7) is 9.56. The highest BCUT2D eigenvalue weighted by atomic mass is 16.2. The number of piperidine rings is 1. The number of anilines is 2. The van der Waals surface area contributed by atoms with Gasteiger partial charge in [-0.3, -0.25) is 14.4 Å². The molecular formula is C22H31N3O3. The van der Waals surface area contributed by atoms with Crippen LogP contribution < -0.4 is 10.2 Å². The molecule has 1 aromatic rings. The molecule has 0 saturated carbocycles. The number of likely N-dealkylation sites (tertiary alicyclic amines) is 1. The highest BCUT2D eigenvalue weighted by Gasteiger charge is 2.48. The molecule has 2 amide bonds. The Balaban J connectivity index is 1.78. The van der Waals surface area contributed by atoms with E-state index < -0.39 is 11.4 Å². The number of nitrogens with one attached hydrogen (secondary N) is 1. The highest BCUT2D eigenvalue weighted by molar-refractivity contribution is 6.36. The van der Waals surface area contributed by atoms with Gasteiger partial charge in [-0.1, -0.05) is 39.8 Å². The van der Waals surface area contributed by atoms with Crippen LogP contribution in [-0.2, 0) is 14.4 Å². The first-order valence-electron chi connectivity index (χ1n) is 10.2. The van der Waals surface area contributed by atoms with Gasteiger partial charge in [0.25, 0.3) is 11.8 Å². The number of carbonyl (C=O) groups is 3. The number of fused-ring (bicyclic) bond motifs is 1. The van der Waals surface area contributed by atoms with Crippen molar-refractivity contribution in [3.8, 4) is 0 Å². The second-order valence-electron chi connectivity index (χ2n) is 8.85. The quantitative estimate of drug-likeness (QED) is 0.791. The van der Waals surface area contributed by atoms with Crippen molar-refractivity contribution >= 4 is 29.0 Å². The topological polar surface area (TPSA) is 69.7 Å². The molecule has 28 heavy (non-hydrogen) atoms. The molecule has 152 valence electrons. The molecule has 2 aliphatic rings. The van der Waals surface area contributed by atoms with Gasteiger partial charge in [-0.25, -0.2) is 0 Å². The molecule has 6 nitrogen and oxygen atoms in total. The second-order valence-corrected chi connectivity index (χ2v) is 8.85. The number of rotatable bonds is 5. The average molecular weight is 386 g/mol. The molecule has 1 saturated heterocycles. The summed E-state index contributed by atoms with van der Waals surface area (Å²) in [4.78, 5) is 41.5. The molecule has 1 N–H and O–H groups in total. The van der Waals surface area contributed by atoms with Crippen molar-refractivity contribution in [3.05, 3.63) is 24.3 Å². The van der Waals surface area contributed by atoms with Crippen LogP contribution in [0.15, 0.2) is 24.3 Å². The molecule has 0 atom stereocenters. The van der Waals surface area contributed by atoms with Gasteiger partial charge in [-0.05, 0) is 36.8 Å². The molecule has 0 bridgehead atoms. The molecule has 1 spiro atoms. The summed E-state index contributed by atoms with van der Waals surface area (Å²) >= 11 is 0. The maximum atomic E-state index is 13.4. The van der Waals surface area contributed by atoms with E-state index in [1.807, 2.05) is 43.0 Å². The smallest absolute Gasteiger partial charge is 0.289 e. The Morgan fingerprint density at radius 3 is 2.32 bits per heavy atom. The van der Waals surface area contributed by atoms with E-state index in [-0.39, 0.29) is 24.0 Å². The van der Waals surface area contributed by atoms with Crippen molar-refractivity contribution in [2.24, 2.45) is 11.8 Å².